The van der Waals surface area contributed by atoms with Crippen LogP contribution in [0.15, 0.2) is 192 Å². The second-order valence-electron chi connectivity index (χ2n) is 12.9. The van der Waals surface area contributed by atoms with E-state index in [0.29, 0.717) is 0 Å². The highest BCUT2D eigenvalue weighted by Crippen LogP contribution is 2.45. The molecule has 0 saturated heterocycles. The zero-order valence-electron chi connectivity index (χ0n) is 27.7. The van der Waals surface area contributed by atoms with E-state index in [-0.39, 0.29) is 0 Å². The summed E-state index contributed by atoms with van der Waals surface area (Å²) in [7, 11) is 0. The van der Waals surface area contributed by atoms with Crippen molar-refractivity contribution in [3.63, 3.8) is 0 Å². The van der Waals surface area contributed by atoms with Crippen LogP contribution in [-0.2, 0) is 0 Å². The predicted octanol–water partition coefficient (Wildman–Crippen LogP) is 14.4. The molecule has 51 heavy (non-hydrogen) atoms. The molecule has 3 heteroatoms. The lowest BCUT2D eigenvalue weighted by Gasteiger charge is -2.26. The lowest BCUT2D eigenvalue weighted by Crippen LogP contribution is -2.09. The van der Waals surface area contributed by atoms with E-state index in [0.717, 1.165) is 44.7 Å². The number of hydrogen-bond acceptors (Lipinski definition) is 3. The number of nitrogens with zero attached hydrogens (tertiary/aromatic N) is 1. The van der Waals surface area contributed by atoms with Crippen LogP contribution in [0.4, 0.5) is 17.1 Å². The summed E-state index contributed by atoms with van der Waals surface area (Å²) < 4.78 is 9.24. The van der Waals surface area contributed by atoms with Gasteiger partial charge in [-0.15, -0.1) is 11.3 Å². The third kappa shape index (κ3) is 5.10. The molecule has 0 radical (unpaired) electrons. The normalized spacial score (nSPS) is 11.5. The zero-order chi connectivity index (χ0) is 33.7. The summed E-state index contributed by atoms with van der Waals surface area (Å²) in [6.45, 7) is 0. The molecule has 0 aliphatic carbocycles. The quantitative estimate of drug-likeness (QED) is 0.175. The minimum atomic E-state index is 0.926. The molecule has 2 aromatic heterocycles. The topological polar surface area (TPSA) is 16.4 Å². The van der Waals surface area contributed by atoms with Gasteiger partial charge in [0.25, 0.3) is 0 Å². The monoisotopic (exact) mass is 669 g/mol. The molecule has 10 aromatic rings. The van der Waals surface area contributed by atoms with E-state index < -0.39 is 0 Å². The van der Waals surface area contributed by atoms with Crippen molar-refractivity contribution in [1.29, 1.82) is 0 Å². The molecule has 0 aliphatic rings. The molecule has 0 atom stereocenters. The molecule has 0 saturated carbocycles. The molecule has 8 aromatic carbocycles. The van der Waals surface area contributed by atoms with Gasteiger partial charge in [-0.25, -0.2) is 0 Å². The number of fused-ring (bicyclic) bond motifs is 7. The lowest BCUT2D eigenvalue weighted by molar-refractivity contribution is 0.670. The van der Waals surface area contributed by atoms with E-state index in [9.17, 15) is 0 Å². The molecule has 0 amide bonds. The summed E-state index contributed by atoms with van der Waals surface area (Å²) in [6.07, 6.45) is 0. The third-order valence-corrected chi connectivity index (χ3v) is 11.0. The SMILES string of the molecule is c1ccc(-c2ccc(-c3ccc(N(c4ccccc4)c4ccc(-c5cccc6c5oc5ccc7sc8ccccc8c7c56)cc4)cc3)cc2)cc1. The maximum absolute atomic E-state index is 6.65. The number of anilines is 3. The second kappa shape index (κ2) is 12.2. The molecule has 2 heterocycles. The van der Waals surface area contributed by atoms with Crippen LogP contribution in [0.25, 0.3) is 75.5 Å². The Hall–Kier alpha value is -6.42. The van der Waals surface area contributed by atoms with Gasteiger partial charge in [0, 0.05) is 53.6 Å². The van der Waals surface area contributed by atoms with Crippen molar-refractivity contribution >= 4 is 70.5 Å². The summed E-state index contributed by atoms with van der Waals surface area (Å²) in [5.74, 6) is 0. The molecule has 0 bridgehead atoms. The van der Waals surface area contributed by atoms with E-state index in [2.05, 4.69) is 193 Å². The van der Waals surface area contributed by atoms with Crippen molar-refractivity contribution in [2.24, 2.45) is 0 Å². The van der Waals surface area contributed by atoms with Crippen molar-refractivity contribution in [3.05, 3.63) is 188 Å². The first-order valence-corrected chi connectivity index (χ1v) is 18.1. The minimum absolute atomic E-state index is 0.926. The van der Waals surface area contributed by atoms with Gasteiger partial charge in [-0.05, 0) is 82.4 Å². The Morgan fingerprint density at radius 2 is 0.882 bits per heavy atom. The Kier molecular flexibility index (Phi) is 7.04. The van der Waals surface area contributed by atoms with Gasteiger partial charge in [0.05, 0.1) is 0 Å². The minimum Gasteiger partial charge on any atom is -0.455 e. The highest BCUT2D eigenvalue weighted by molar-refractivity contribution is 7.26. The largest absolute Gasteiger partial charge is 0.455 e. The summed E-state index contributed by atoms with van der Waals surface area (Å²) >= 11 is 1.84. The number of hydrogen-bond donors (Lipinski definition) is 0. The van der Waals surface area contributed by atoms with Crippen LogP contribution in [0.1, 0.15) is 0 Å². The molecular formula is C48H31NOS. The summed E-state index contributed by atoms with van der Waals surface area (Å²) in [5.41, 5.74) is 12.2. The zero-order valence-corrected chi connectivity index (χ0v) is 28.5. The number of thiophene rings is 1. The summed E-state index contributed by atoms with van der Waals surface area (Å²) in [5, 5.41) is 4.93. The van der Waals surface area contributed by atoms with Crippen LogP contribution in [0, 0.1) is 0 Å². The number of rotatable bonds is 6. The molecule has 0 N–H and O–H groups in total. The Bertz CT molecular complexity index is 2810. The van der Waals surface area contributed by atoms with Crippen molar-refractivity contribution in [2.45, 2.75) is 0 Å². The highest BCUT2D eigenvalue weighted by Gasteiger charge is 2.18. The lowest BCUT2D eigenvalue weighted by atomic mass is 9.99. The first-order chi connectivity index (χ1) is 25.3. The van der Waals surface area contributed by atoms with Crippen LogP contribution in [0.3, 0.4) is 0 Å². The molecule has 240 valence electrons. The Labute approximate surface area is 300 Å². The summed E-state index contributed by atoms with van der Waals surface area (Å²) in [4.78, 5) is 2.31. The van der Waals surface area contributed by atoms with Gasteiger partial charge in [0.2, 0.25) is 0 Å². The van der Waals surface area contributed by atoms with Crippen LogP contribution < -0.4 is 4.90 Å². The third-order valence-electron chi connectivity index (χ3n) is 9.90. The standard InChI is InChI=1S/C48H31NOS/c1-3-10-32(11-4-1)33-18-20-34(21-19-33)35-22-26-38(27-23-35)49(37-12-5-2-6-13-37)39-28-24-36(25-29-39)40-15-9-16-42-46-43(50-48(40)42)30-31-45-47(46)41-14-7-8-17-44(41)51-45/h1-31H. The Morgan fingerprint density at radius 3 is 1.57 bits per heavy atom. The molecule has 0 spiro atoms. The van der Waals surface area contributed by atoms with Crippen molar-refractivity contribution < 1.29 is 4.42 Å². The Morgan fingerprint density at radius 1 is 0.353 bits per heavy atom. The van der Waals surface area contributed by atoms with Crippen LogP contribution >= 0.6 is 11.3 Å². The molecule has 0 aliphatic heterocycles. The van der Waals surface area contributed by atoms with Crippen LogP contribution in [-0.4, -0.2) is 0 Å². The first-order valence-electron chi connectivity index (χ1n) is 17.3. The number of furan rings is 1. The molecule has 0 unspecified atom stereocenters. The fourth-order valence-electron chi connectivity index (χ4n) is 7.43. The van der Waals surface area contributed by atoms with Gasteiger partial charge in [-0.2, -0.15) is 0 Å². The van der Waals surface area contributed by atoms with E-state index in [1.807, 2.05) is 11.3 Å². The second-order valence-corrected chi connectivity index (χ2v) is 14.0. The maximum atomic E-state index is 6.65. The van der Waals surface area contributed by atoms with Gasteiger partial charge in [0.1, 0.15) is 11.2 Å². The fraction of sp³-hybridized carbons (Fsp3) is 0. The molecule has 10 rings (SSSR count). The van der Waals surface area contributed by atoms with Crippen molar-refractivity contribution in [3.8, 4) is 33.4 Å². The Balaban J connectivity index is 1.01. The van der Waals surface area contributed by atoms with Crippen molar-refractivity contribution in [2.75, 3.05) is 4.90 Å². The average molecular weight is 670 g/mol. The van der Waals surface area contributed by atoms with E-state index in [1.54, 1.807) is 0 Å². The molecular weight excluding hydrogens is 639 g/mol. The van der Waals surface area contributed by atoms with Gasteiger partial charge in [-0.1, -0.05) is 133 Å². The van der Waals surface area contributed by atoms with Crippen LogP contribution in [0.5, 0.6) is 0 Å². The van der Waals surface area contributed by atoms with E-state index in [1.165, 1.54) is 47.8 Å². The van der Waals surface area contributed by atoms with Gasteiger partial charge >= 0.3 is 0 Å². The first kappa shape index (κ1) is 29.5. The number of para-hydroxylation sites is 2. The summed E-state index contributed by atoms with van der Waals surface area (Å²) in [6, 6.07) is 67.1. The fourth-order valence-corrected chi connectivity index (χ4v) is 8.55. The van der Waals surface area contributed by atoms with Crippen molar-refractivity contribution in [1.82, 2.24) is 0 Å². The molecule has 0 fully saturated rings. The smallest absolute Gasteiger partial charge is 0.143 e. The molecule has 2 nitrogen and oxygen atoms in total. The van der Waals surface area contributed by atoms with Gasteiger partial charge in [0.15, 0.2) is 0 Å². The van der Waals surface area contributed by atoms with E-state index >= 15 is 0 Å². The average Bonchev–Trinajstić information content (AvgIpc) is 3.78. The van der Waals surface area contributed by atoms with Gasteiger partial charge in [-0.3, -0.25) is 0 Å². The maximum Gasteiger partial charge on any atom is 0.143 e. The number of benzene rings is 8. The predicted molar refractivity (Wildman–Crippen MR) is 218 cm³/mol. The van der Waals surface area contributed by atoms with Crippen LogP contribution in [0.2, 0.25) is 0 Å². The van der Waals surface area contributed by atoms with E-state index in [4.69, 9.17) is 4.42 Å². The highest BCUT2D eigenvalue weighted by atomic mass is 32.1. The van der Waals surface area contributed by atoms with Gasteiger partial charge < -0.3 is 9.32 Å².